The molecule has 4 aromatic rings. The summed E-state index contributed by atoms with van der Waals surface area (Å²) in [4.78, 5) is 25.2. The van der Waals surface area contributed by atoms with Gasteiger partial charge >= 0.3 is 11.9 Å². The van der Waals surface area contributed by atoms with Gasteiger partial charge in [-0.3, -0.25) is 9.13 Å². The highest BCUT2D eigenvalue weighted by atomic mass is 19.4. The fourth-order valence-electron chi connectivity index (χ4n) is 3.04. The molecule has 12 heteroatoms. The number of hydrogen-bond donors (Lipinski definition) is 1. The lowest BCUT2D eigenvalue weighted by Crippen LogP contribution is -2.23. The van der Waals surface area contributed by atoms with E-state index < -0.39 is 23.9 Å². The first kappa shape index (κ1) is 19.6. The maximum Gasteiger partial charge on any atom is 0.412 e. The van der Waals surface area contributed by atoms with E-state index in [9.17, 15) is 18.0 Å². The molecule has 0 saturated heterocycles. The van der Waals surface area contributed by atoms with Gasteiger partial charge < -0.3 is 5.32 Å². The van der Waals surface area contributed by atoms with Crippen LogP contribution in [0.3, 0.4) is 0 Å². The van der Waals surface area contributed by atoms with Gasteiger partial charge in [0.2, 0.25) is 5.95 Å². The summed E-state index contributed by atoms with van der Waals surface area (Å²) in [6.45, 7) is 4.73. The zero-order valence-electron chi connectivity index (χ0n) is 16.1. The third-order valence-corrected chi connectivity index (χ3v) is 4.79. The third-order valence-electron chi connectivity index (χ3n) is 4.79. The second-order valence-electron chi connectivity index (χ2n) is 6.80. The summed E-state index contributed by atoms with van der Waals surface area (Å²) >= 11 is 0. The van der Waals surface area contributed by atoms with Crippen LogP contribution >= 0.6 is 0 Å². The molecule has 0 atom stereocenters. The number of rotatable bonds is 5. The highest BCUT2D eigenvalue weighted by Gasteiger charge is 2.31. The molecule has 4 aromatic heterocycles. The zero-order valence-corrected chi connectivity index (χ0v) is 16.1. The third kappa shape index (κ3) is 3.40. The predicted molar refractivity (Wildman–Crippen MR) is 104 cm³/mol. The van der Waals surface area contributed by atoms with E-state index >= 15 is 0 Å². The van der Waals surface area contributed by atoms with Gasteiger partial charge in [-0.15, -0.1) is 0 Å². The molecular weight excluding hydrogens is 401 g/mol. The topological polar surface area (TPSA) is 94.9 Å². The molecule has 30 heavy (non-hydrogen) atoms. The van der Waals surface area contributed by atoms with Gasteiger partial charge in [-0.25, -0.2) is 19.3 Å². The maximum atomic E-state index is 12.8. The molecule has 0 amide bonds. The van der Waals surface area contributed by atoms with Crippen molar-refractivity contribution >= 4 is 28.4 Å². The van der Waals surface area contributed by atoms with E-state index in [-0.39, 0.29) is 18.1 Å². The van der Waals surface area contributed by atoms with Gasteiger partial charge in [0, 0.05) is 19.2 Å². The Kier molecular flexibility index (Phi) is 4.56. The Balaban J connectivity index is 1.69. The first-order chi connectivity index (χ1) is 14.1. The van der Waals surface area contributed by atoms with Crippen LogP contribution < -0.4 is 11.0 Å². The first-order valence-electron chi connectivity index (χ1n) is 8.89. The van der Waals surface area contributed by atoms with Gasteiger partial charge in [-0.2, -0.15) is 23.3 Å². The van der Waals surface area contributed by atoms with Crippen LogP contribution in [-0.2, 0) is 13.6 Å². The maximum absolute atomic E-state index is 12.8. The van der Waals surface area contributed by atoms with Gasteiger partial charge in [-0.05, 0) is 25.0 Å². The average Bonchev–Trinajstić information content (AvgIpc) is 3.22. The molecule has 156 valence electrons. The van der Waals surface area contributed by atoms with Crippen LogP contribution in [-0.4, -0.2) is 39.9 Å². The van der Waals surface area contributed by atoms with Crippen molar-refractivity contribution in [3.8, 4) is 0 Å². The number of fused-ring (bicyclic) bond motifs is 2. The standard InChI is InChI=1S/C18H17F3N8O/c1-10-6-14-23-9-24-29(14)8-12(10)25-16-22-7-13-15(26-16)28(17(30)27(13)3)5-4-11(2)18(19,20)21/h6-9H,2,4-5H2,1,3H3,(H,22,25,26). The highest BCUT2D eigenvalue weighted by Crippen LogP contribution is 2.27. The van der Waals surface area contributed by atoms with Gasteiger partial charge in [0.25, 0.3) is 0 Å². The number of imidazole rings is 1. The molecule has 0 fully saturated rings. The number of aryl methyl sites for hydroxylation is 3. The molecule has 4 rings (SSSR count). The molecule has 0 aliphatic carbocycles. The van der Waals surface area contributed by atoms with Gasteiger partial charge in [0.15, 0.2) is 11.3 Å². The Labute approximate surface area is 167 Å². The lowest BCUT2D eigenvalue weighted by Gasteiger charge is -2.11. The summed E-state index contributed by atoms with van der Waals surface area (Å²) < 4.78 is 42.4. The quantitative estimate of drug-likeness (QED) is 0.501. The second kappa shape index (κ2) is 6.97. The van der Waals surface area contributed by atoms with Crippen LogP contribution in [0, 0.1) is 6.92 Å². The van der Waals surface area contributed by atoms with Crippen molar-refractivity contribution < 1.29 is 13.2 Å². The average molecular weight is 418 g/mol. The number of alkyl halides is 3. The lowest BCUT2D eigenvalue weighted by molar-refractivity contribution is -0.0938. The van der Waals surface area contributed by atoms with E-state index in [1.54, 1.807) is 10.7 Å². The molecule has 0 radical (unpaired) electrons. The highest BCUT2D eigenvalue weighted by molar-refractivity contribution is 5.73. The van der Waals surface area contributed by atoms with Crippen LogP contribution in [0.5, 0.6) is 0 Å². The van der Waals surface area contributed by atoms with E-state index in [0.717, 1.165) is 5.56 Å². The zero-order chi connectivity index (χ0) is 21.6. The molecule has 1 N–H and O–H groups in total. The minimum atomic E-state index is -4.51. The van der Waals surface area contributed by atoms with E-state index in [2.05, 4.69) is 31.9 Å². The number of halogens is 3. The summed E-state index contributed by atoms with van der Waals surface area (Å²) in [5.74, 6) is 0.194. The van der Waals surface area contributed by atoms with E-state index in [4.69, 9.17) is 0 Å². The van der Waals surface area contributed by atoms with E-state index in [0.29, 0.717) is 16.9 Å². The second-order valence-corrected chi connectivity index (χ2v) is 6.80. The van der Waals surface area contributed by atoms with Crippen LogP contribution in [0.15, 0.2) is 41.7 Å². The fraction of sp³-hybridized carbons (Fsp3) is 0.278. The minimum Gasteiger partial charge on any atom is -0.323 e. The molecular formula is C18H17F3N8O. The fourth-order valence-corrected chi connectivity index (χ4v) is 3.04. The molecule has 0 unspecified atom stereocenters. The SMILES string of the molecule is C=C(CCn1c(=O)n(C)c2cnc(Nc3cn4ncnc4cc3C)nc21)C(F)(F)F. The minimum absolute atomic E-state index is 0.194. The monoisotopic (exact) mass is 418 g/mol. The molecule has 0 spiro atoms. The van der Waals surface area contributed by atoms with Crippen molar-refractivity contribution in [3.05, 3.63) is 53.0 Å². The van der Waals surface area contributed by atoms with Crippen molar-refractivity contribution in [2.75, 3.05) is 5.32 Å². The Morgan fingerprint density at radius 1 is 1.30 bits per heavy atom. The normalized spacial score (nSPS) is 12.0. The van der Waals surface area contributed by atoms with E-state index in [1.807, 2.05) is 13.0 Å². The Morgan fingerprint density at radius 2 is 2.07 bits per heavy atom. The van der Waals surface area contributed by atoms with Crippen LogP contribution in [0.2, 0.25) is 0 Å². The molecule has 0 aliphatic heterocycles. The molecule has 0 aromatic carbocycles. The number of aromatic nitrogens is 7. The smallest absolute Gasteiger partial charge is 0.323 e. The molecule has 0 saturated carbocycles. The van der Waals surface area contributed by atoms with Crippen molar-refractivity contribution in [1.29, 1.82) is 0 Å². The van der Waals surface area contributed by atoms with Gasteiger partial charge in [0.1, 0.15) is 11.8 Å². The van der Waals surface area contributed by atoms with Crippen LogP contribution in [0.4, 0.5) is 24.8 Å². The van der Waals surface area contributed by atoms with Gasteiger partial charge in [0.05, 0.1) is 18.1 Å². The molecule has 4 heterocycles. The Hall–Kier alpha value is -3.70. The number of nitrogens with zero attached hydrogens (tertiary/aromatic N) is 7. The Bertz CT molecular complexity index is 1330. The summed E-state index contributed by atoms with van der Waals surface area (Å²) in [6, 6.07) is 1.83. The van der Waals surface area contributed by atoms with Crippen molar-refractivity contribution in [3.63, 3.8) is 0 Å². The molecule has 9 nitrogen and oxygen atoms in total. The van der Waals surface area contributed by atoms with Crippen LogP contribution in [0.1, 0.15) is 12.0 Å². The largest absolute Gasteiger partial charge is 0.412 e. The number of nitrogens with one attached hydrogen (secondary N) is 1. The van der Waals surface area contributed by atoms with Gasteiger partial charge in [-0.1, -0.05) is 6.58 Å². The van der Waals surface area contributed by atoms with E-state index in [1.165, 1.54) is 28.7 Å². The summed E-state index contributed by atoms with van der Waals surface area (Å²) in [6.07, 6.45) is -0.329. The predicted octanol–water partition coefficient (Wildman–Crippen LogP) is 2.73. The lowest BCUT2D eigenvalue weighted by atomic mass is 10.2. The summed E-state index contributed by atoms with van der Waals surface area (Å²) in [7, 11) is 1.51. The molecule has 0 bridgehead atoms. The van der Waals surface area contributed by atoms with Crippen molar-refractivity contribution in [1.82, 2.24) is 33.7 Å². The summed E-state index contributed by atoms with van der Waals surface area (Å²) in [5, 5.41) is 7.14. The first-order valence-corrected chi connectivity index (χ1v) is 8.89. The number of hydrogen-bond acceptors (Lipinski definition) is 6. The summed E-state index contributed by atoms with van der Waals surface area (Å²) in [5.41, 5.74) is 1.47. The Morgan fingerprint density at radius 3 is 2.80 bits per heavy atom. The number of allylic oxidation sites excluding steroid dienone is 1. The van der Waals surface area contributed by atoms with Crippen molar-refractivity contribution in [2.45, 2.75) is 26.1 Å². The van der Waals surface area contributed by atoms with Crippen LogP contribution in [0.25, 0.3) is 16.8 Å². The number of anilines is 2. The molecule has 0 aliphatic rings. The number of pyridine rings is 1. The van der Waals surface area contributed by atoms with Crippen molar-refractivity contribution in [2.24, 2.45) is 7.05 Å².